The third-order valence-electron chi connectivity index (χ3n) is 4.82. The molecule has 1 aromatic carbocycles. The fourth-order valence-corrected chi connectivity index (χ4v) is 5.05. The maximum absolute atomic E-state index is 12.2. The first-order valence-electron chi connectivity index (χ1n) is 9.01. The summed E-state index contributed by atoms with van der Waals surface area (Å²) in [6, 6.07) is 7.82. The van der Waals surface area contributed by atoms with Gasteiger partial charge in [-0.15, -0.1) is 5.10 Å². The van der Waals surface area contributed by atoms with E-state index in [0.29, 0.717) is 11.7 Å². The molecule has 0 radical (unpaired) electrons. The van der Waals surface area contributed by atoms with Gasteiger partial charge in [0.2, 0.25) is 5.91 Å². The highest BCUT2D eigenvalue weighted by Gasteiger charge is 2.42. The van der Waals surface area contributed by atoms with Crippen LogP contribution < -0.4 is 16.0 Å². The fourth-order valence-electron chi connectivity index (χ4n) is 3.50. The largest absolute Gasteiger partial charge is 0.332 e. The zero-order chi connectivity index (χ0) is 18.6. The van der Waals surface area contributed by atoms with Crippen LogP contribution in [0.15, 0.2) is 30.6 Å². The van der Waals surface area contributed by atoms with Crippen molar-refractivity contribution in [2.75, 3.05) is 11.1 Å². The number of nitrogens with one attached hydrogen (secondary N) is 3. The van der Waals surface area contributed by atoms with Gasteiger partial charge in [0.25, 0.3) is 0 Å². The van der Waals surface area contributed by atoms with Crippen molar-refractivity contribution in [1.29, 1.82) is 0 Å². The van der Waals surface area contributed by atoms with Gasteiger partial charge < -0.3 is 16.0 Å². The number of urea groups is 1. The van der Waals surface area contributed by atoms with Crippen LogP contribution >= 0.6 is 11.8 Å². The summed E-state index contributed by atoms with van der Waals surface area (Å²) < 4.78 is 1.54. The number of rotatable bonds is 7. The van der Waals surface area contributed by atoms with Crippen LogP contribution in [0.5, 0.6) is 0 Å². The van der Waals surface area contributed by atoms with Crippen molar-refractivity contribution in [3.63, 3.8) is 0 Å². The Balaban J connectivity index is 1.20. The summed E-state index contributed by atoms with van der Waals surface area (Å²) in [6.07, 6.45) is 4.79. The zero-order valence-corrected chi connectivity index (χ0v) is 15.5. The number of fused-ring (bicyclic) bond motifs is 1. The number of anilines is 1. The third-order valence-corrected chi connectivity index (χ3v) is 6.33. The highest BCUT2D eigenvalue weighted by Crippen LogP contribution is 2.33. The molecule has 0 spiro atoms. The van der Waals surface area contributed by atoms with E-state index in [1.807, 2.05) is 36.0 Å². The molecule has 2 aromatic rings. The number of carbonyl (C=O) groups is 2. The minimum Gasteiger partial charge on any atom is -0.332 e. The Bertz CT molecular complexity index is 813. The van der Waals surface area contributed by atoms with Crippen LogP contribution in [0.25, 0.3) is 5.69 Å². The van der Waals surface area contributed by atoms with Crippen molar-refractivity contribution in [2.45, 2.75) is 43.0 Å². The second-order valence-electron chi connectivity index (χ2n) is 6.72. The molecule has 10 heteroatoms. The first kappa shape index (κ1) is 17.8. The van der Waals surface area contributed by atoms with Crippen LogP contribution in [0.4, 0.5) is 10.5 Å². The Labute approximate surface area is 160 Å². The summed E-state index contributed by atoms with van der Waals surface area (Å²) in [5.74, 6) is 0.961. The van der Waals surface area contributed by atoms with E-state index in [-0.39, 0.29) is 24.0 Å². The van der Waals surface area contributed by atoms with Gasteiger partial charge in [-0.25, -0.2) is 9.48 Å². The molecule has 4 rings (SSSR count). The van der Waals surface area contributed by atoms with E-state index in [1.54, 1.807) is 4.68 Å². The smallest absolute Gasteiger partial charge is 0.315 e. The molecular weight excluding hydrogens is 366 g/mol. The summed E-state index contributed by atoms with van der Waals surface area (Å²) in [5.41, 5.74) is 1.51. The molecule has 2 aliphatic rings. The van der Waals surface area contributed by atoms with E-state index in [9.17, 15) is 9.59 Å². The summed E-state index contributed by atoms with van der Waals surface area (Å²) in [7, 11) is 0. The quantitative estimate of drug-likeness (QED) is 0.488. The predicted molar refractivity (Wildman–Crippen MR) is 102 cm³/mol. The van der Waals surface area contributed by atoms with Gasteiger partial charge in [-0.1, -0.05) is 12.5 Å². The van der Waals surface area contributed by atoms with Crippen LogP contribution in [-0.2, 0) is 4.79 Å². The second-order valence-corrected chi connectivity index (χ2v) is 7.99. The molecule has 9 nitrogen and oxygen atoms in total. The Morgan fingerprint density at radius 2 is 2.26 bits per heavy atom. The Morgan fingerprint density at radius 3 is 3.11 bits per heavy atom. The zero-order valence-electron chi connectivity index (χ0n) is 14.7. The molecule has 142 valence electrons. The normalized spacial score (nSPS) is 23.6. The average molecular weight is 387 g/mol. The number of unbranched alkanes of at least 4 members (excludes halogenated alkanes) is 1. The van der Waals surface area contributed by atoms with E-state index < -0.39 is 0 Å². The fraction of sp³-hybridized carbons (Fsp3) is 0.471. The first-order valence-corrected chi connectivity index (χ1v) is 10.1. The lowest BCUT2D eigenvalue weighted by molar-refractivity contribution is -0.116. The number of aromatic nitrogens is 4. The number of hydrogen-bond donors (Lipinski definition) is 3. The van der Waals surface area contributed by atoms with Crippen molar-refractivity contribution in [3.8, 4) is 5.69 Å². The van der Waals surface area contributed by atoms with Gasteiger partial charge in [0.15, 0.2) is 0 Å². The van der Waals surface area contributed by atoms with E-state index >= 15 is 0 Å². The average Bonchev–Trinajstić information content (AvgIpc) is 3.37. The lowest BCUT2D eigenvalue weighted by atomic mass is 10.0. The molecule has 2 saturated heterocycles. The molecule has 27 heavy (non-hydrogen) atoms. The monoisotopic (exact) mass is 387 g/mol. The van der Waals surface area contributed by atoms with E-state index in [1.165, 1.54) is 6.33 Å². The third kappa shape index (κ3) is 4.21. The standard InChI is InChI=1S/C17H21N7O2S/c25-15(19-11-4-3-5-12(8-11)24-10-18-22-23-24)7-2-1-6-14-16-13(9-27-14)20-17(26)21-16/h3-5,8,10,13-14,16H,1-2,6-7,9H2,(H,19,25)(H2,20,21,26)/t13-,14+,16+/m0/s1. The summed E-state index contributed by atoms with van der Waals surface area (Å²) in [5, 5.41) is 20.4. The molecule has 0 saturated carbocycles. The number of tetrazole rings is 1. The number of amides is 3. The topological polar surface area (TPSA) is 114 Å². The van der Waals surface area contributed by atoms with E-state index in [4.69, 9.17) is 0 Å². The number of benzene rings is 1. The van der Waals surface area contributed by atoms with Gasteiger partial charge in [-0.3, -0.25) is 4.79 Å². The van der Waals surface area contributed by atoms with Crippen molar-refractivity contribution >= 4 is 29.4 Å². The van der Waals surface area contributed by atoms with Crippen LogP contribution in [0.2, 0.25) is 0 Å². The predicted octanol–water partition coefficient (Wildman–Crippen LogP) is 1.33. The lowest BCUT2D eigenvalue weighted by Crippen LogP contribution is -2.36. The molecule has 0 bridgehead atoms. The summed E-state index contributed by atoms with van der Waals surface area (Å²) in [6.45, 7) is 0. The van der Waals surface area contributed by atoms with Crippen molar-refractivity contribution in [2.24, 2.45) is 0 Å². The molecule has 3 heterocycles. The minimum absolute atomic E-state index is 0.00310. The summed E-state index contributed by atoms with van der Waals surface area (Å²) in [4.78, 5) is 23.6. The maximum Gasteiger partial charge on any atom is 0.315 e. The van der Waals surface area contributed by atoms with Crippen LogP contribution in [-0.4, -0.2) is 55.2 Å². The van der Waals surface area contributed by atoms with Crippen molar-refractivity contribution < 1.29 is 9.59 Å². The Kier molecular flexibility index (Phi) is 5.23. The van der Waals surface area contributed by atoms with Gasteiger partial charge in [0.1, 0.15) is 6.33 Å². The van der Waals surface area contributed by atoms with Crippen molar-refractivity contribution in [1.82, 2.24) is 30.8 Å². The number of hydrogen-bond acceptors (Lipinski definition) is 6. The number of carbonyl (C=O) groups excluding carboxylic acids is 2. The highest BCUT2D eigenvalue weighted by atomic mass is 32.2. The first-order chi connectivity index (χ1) is 13.2. The van der Waals surface area contributed by atoms with Gasteiger partial charge in [-0.05, 0) is 41.5 Å². The Morgan fingerprint density at radius 1 is 1.33 bits per heavy atom. The van der Waals surface area contributed by atoms with E-state index in [2.05, 4.69) is 31.5 Å². The van der Waals surface area contributed by atoms with Gasteiger partial charge >= 0.3 is 6.03 Å². The maximum atomic E-state index is 12.2. The molecule has 0 aliphatic carbocycles. The molecule has 0 unspecified atom stereocenters. The molecule has 3 amide bonds. The number of thioether (sulfide) groups is 1. The molecular formula is C17H21N7O2S. The molecule has 3 N–H and O–H groups in total. The number of nitrogens with zero attached hydrogens (tertiary/aromatic N) is 4. The lowest BCUT2D eigenvalue weighted by Gasteiger charge is -2.16. The molecule has 3 atom stereocenters. The second kappa shape index (κ2) is 7.95. The van der Waals surface area contributed by atoms with Crippen LogP contribution in [0.1, 0.15) is 25.7 Å². The van der Waals surface area contributed by atoms with Crippen molar-refractivity contribution in [3.05, 3.63) is 30.6 Å². The summed E-state index contributed by atoms with van der Waals surface area (Å²) >= 11 is 1.90. The molecule has 2 aliphatic heterocycles. The Hall–Kier alpha value is -2.62. The minimum atomic E-state index is -0.0569. The highest BCUT2D eigenvalue weighted by molar-refractivity contribution is 8.00. The van der Waals surface area contributed by atoms with Gasteiger partial charge in [0, 0.05) is 23.1 Å². The SMILES string of the molecule is O=C(CCCC[C@H]1SC[C@@H]2NC(=O)N[C@H]21)Nc1cccc(-n2cnnn2)c1. The van der Waals surface area contributed by atoms with Gasteiger partial charge in [-0.2, -0.15) is 11.8 Å². The van der Waals surface area contributed by atoms with Gasteiger partial charge in [0.05, 0.1) is 17.8 Å². The molecule has 1 aromatic heterocycles. The van der Waals surface area contributed by atoms with E-state index in [0.717, 1.165) is 36.4 Å². The van der Waals surface area contributed by atoms with Crippen LogP contribution in [0, 0.1) is 0 Å². The molecule has 2 fully saturated rings. The van der Waals surface area contributed by atoms with Crippen LogP contribution in [0.3, 0.4) is 0 Å².